The number of hydrogen-bond acceptors (Lipinski definition) is 4. The highest BCUT2D eigenvalue weighted by Gasteiger charge is 2.35. The van der Waals surface area contributed by atoms with Crippen LogP contribution in [0.5, 0.6) is 5.75 Å². The Morgan fingerprint density at radius 3 is 2.70 bits per heavy atom. The highest BCUT2D eigenvalue weighted by molar-refractivity contribution is 5.83. The molecule has 0 radical (unpaired) electrons. The smallest absolute Gasteiger partial charge is 0.303 e. The van der Waals surface area contributed by atoms with Crippen molar-refractivity contribution in [2.45, 2.75) is 64.7 Å². The maximum Gasteiger partial charge on any atom is 0.303 e. The highest BCUT2D eigenvalue weighted by atomic mass is 19.1. The van der Waals surface area contributed by atoms with Crippen molar-refractivity contribution in [2.75, 3.05) is 7.11 Å². The Bertz CT molecular complexity index is 1330. The lowest BCUT2D eigenvalue weighted by molar-refractivity contribution is -0.137. The molecule has 1 heterocycles. The summed E-state index contributed by atoms with van der Waals surface area (Å²) in [7, 11) is 1.56. The number of aliphatic carboxylic acids is 1. The Morgan fingerprint density at radius 2 is 2.03 bits per heavy atom. The van der Waals surface area contributed by atoms with Crippen molar-refractivity contribution < 1.29 is 23.6 Å². The van der Waals surface area contributed by atoms with Gasteiger partial charge in [-0.2, -0.15) is 0 Å². The largest absolute Gasteiger partial charge is 0.497 e. The average Bonchev–Trinajstić information content (AvgIpc) is 3.54. The minimum absolute atomic E-state index is 0.0605. The number of allylic oxidation sites excluding steroid dienone is 2. The number of halogens is 1. The van der Waals surface area contributed by atoms with Crippen molar-refractivity contribution in [3.8, 4) is 17.0 Å². The summed E-state index contributed by atoms with van der Waals surface area (Å²) in [6.45, 7) is 4.41. The van der Waals surface area contributed by atoms with E-state index < -0.39 is 5.97 Å². The molecule has 0 unspecified atom stereocenters. The van der Waals surface area contributed by atoms with Crippen molar-refractivity contribution in [1.82, 2.24) is 5.16 Å². The van der Waals surface area contributed by atoms with Crippen LogP contribution in [0.4, 0.5) is 4.39 Å². The molecule has 0 spiro atoms. The van der Waals surface area contributed by atoms with Crippen LogP contribution in [0.1, 0.15) is 74.3 Å². The van der Waals surface area contributed by atoms with Gasteiger partial charge >= 0.3 is 5.97 Å². The summed E-state index contributed by atoms with van der Waals surface area (Å²) in [4.78, 5) is 11.5. The van der Waals surface area contributed by atoms with Crippen molar-refractivity contribution in [3.05, 3.63) is 76.8 Å². The molecule has 194 valence electrons. The van der Waals surface area contributed by atoms with E-state index in [1.54, 1.807) is 19.2 Å². The molecule has 1 saturated carbocycles. The van der Waals surface area contributed by atoms with E-state index in [4.69, 9.17) is 9.26 Å². The minimum Gasteiger partial charge on any atom is -0.497 e. The third-order valence-corrected chi connectivity index (χ3v) is 7.91. The molecular weight excluding hydrogens is 469 g/mol. The van der Waals surface area contributed by atoms with Crippen LogP contribution in [0.15, 0.2) is 53.1 Å². The first-order chi connectivity index (χ1) is 17.8. The summed E-state index contributed by atoms with van der Waals surface area (Å²) in [6.07, 6.45) is 7.88. The van der Waals surface area contributed by atoms with Gasteiger partial charge in [-0.15, -0.1) is 0 Å². The Labute approximate surface area is 217 Å². The zero-order valence-corrected chi connectivity index (χ0v) is 21.7. The predicted molar refractivity (Wildman–Crippen MR) is 141 cm³/mol. The molecular formula is C31H34FNO4. The van der Waals surface area contributed by atoms with Crippen LogP contribution < -0.4 is 4.74 Å². The predicted octanol–water partition coefficient (Wildman–Crippen LogP) is 7.45. The number of hydrogen-bond donors (Lipinski definition) is 1. The second-order valence-corrected chi connectivity index (χ2v) is 11.0. The fourth-order valence-electron chi connectivity index (χ4n) is 5.68. The molecule has 0 saturated heterocycles. The van der Waals surface area contributed by atoms with E-state index in [2.05, 4.69) is 37.2 Å². The monoisotopic (exact) mass is 503 g/mol. The molecule has 0 bridgehead atoms. The molecule has 0 aliphatic heterocycles. The third-order valence-electron chi connectivity index (χ3n) is 7.91. The molecule has 6 heteroatoms. The van der Waals surface area contributed by atoms with Gasteiger partial charge in [-0.3, -0.25) is 4.79 Å². The molecule has 2 aliphatic rings. The molecule has 2 aliphatic carbocycles. The molecule has 1 fully saturated rings. The molecule has 2 aromatic carbocycles. The Balaban J connectivity index is 1.47. The van der Waals surface area contributed by atoms with Gasteiger partial charge in [0.1, 0.15) is 23.0 Å². The first kappa shape index (κ1) is 25.2. The number of methoxy groups -OCH3 is 1. The number of carboxylic acid groups (broad SMARTS) is 1. The van der Waals surface area contributed by atoms with E-state index in [0.29, 0.717) is 35.8 Å². The lowest BCUT2D eigenvalue weighted by Gasteiger charge is -2.23. The lowest BCUT2D eigenvalue weighted by Crippen LogP contribution is -2.11. The molecule has 37 heavy (non-hydrogen) atoms. The van der Waals surface area contributed by atoms with Gasteiger partial charge in [0.2, 0.25) is 0 Å². The summed E-state index contributed by atoms with van der Waals surface area (Å²) in [5.41, 5.74) is 5.06. The van der Waals surface area contributed by atoms with Gasteiger partial charge in [0.25, 0.3) is 0 Å². The Kier molecular flexibility index (Phi) is 6.93. The van der Waals surface area contributed by atoms with Gasteiger partial charge in [0.05, 0.1) is 13.5 Å². The summed E-state index contributed by atoms with van der Waals surface area (Å²) in [5.74, 6) is 0.714. The minimum atomic E-state index is -0.752. The second-order valence-electron chi connectivity index (χ2n) is 11.0. The van der Waals surface area contributed by atoms with E-state index in [9.17, 15) is 14.3 Å². The van der Waals surface area contributed by atoms with E-state index in [0.717, 1.165) is 53.7 Å². The van der Waals surface area contributed by atoms with Crippen molar-refractivity contribution in [1.29, 1.82) is 0 Å². The van der Waals surface area contributed by atoms with Crippen LogP contribution in [0.3, 0.4) is 0 Å². The van der Waals surface area contributed by atoms with Gasteiger partial charge in [-0.1, -0.05) is 49.3 Å². The third kappa shape index (κ3) is 5.34. The number of benzene rings is 2. The zero-order valence-electron chi connectivity index (χ0n) is 21.7. The van der Waals surface area contributed by atoms with Crippen LogP contribution in [-0.2, 0) is 17.6 Å². The van der Waals surface area contributed by atoms with Crippen LogP contribution in [-0.4, -0.2) is 23.3 Å². The van der Waals surface area contributed by atoms with Crippen molar-refractivity contribution >= 4 is 11.5 Å². The number of nitrogens with zero attached hydrogens (tertiary/aromatic N) is 1. The van der Waals surface area contributed by atoms with E-state index in [1.165, 1.54) is 6.07 Å². The molecule has 1 N–H and O–H groups in total. The van der Waals surface area contributed by atoms with Crippen molar-refractivity contribution in [3.63, 3.8) is 0 Å². The first-order valence-corrected chi connectivity index (χ1v) is 13.1. The van der Waals surface area contributed by atoms with Gasteiger partial charge in [-0.05, 0) is 84.3 Å². The Morgan fingerprint density at radius 1 is 1.22 bits per heavy atom. The fraction of sp³-hybridized carbons (Fsp3) is 0.419. The van der Waals surface area contributed by atoms with Gasteiger partial charge < -0.3 is 14.4 Å². The highest BCUT2D eigenvalue weighted by Crippen LogP contribution is 2.49. The van der Waals surface area contributed by atoms with Crippen LogP contribution in [0.2, 0.25) is 0 Å². The van der Waals surface area contributed by atoms with Crippen LogP contribution in [0, 0.1) is 17.2 Å². The summed E-state index contributed by atoms with van der Waals surface area (Å²) < 4.78 is 26.3. The maximum atomic E-state index is 15.0. The standard InChI is InChI=1S/C31H34FNO4/c1-31(2)15-5-8-25(31)29-27(37-33-30(29)24-17-22(36-3)12-13-26(24)32)14-9-19-6-4-7-21(16-19)23(18-28(34)35)20-10-11-20/h4,6-8,12-13,16-17,20,23H,5,9-11,14-15,18H2,1-3H3,(H,34,35)/t23-/m0/s1. The number of rotatable bonds is 10. The number of aromatic nitrogens is 1. The fourth-order valence-corrected chi connectivity index (χ4v) is 5.68. The van der Waals surface area contributed by atoms with Gasteiger partial charge in [-0.25, -0.2) is 4.39 Å². The quantitative estimate of drug-likeness (QED) is 0.311. The molecule has 5 rings (SSSR count). The molecule has 3 aromatic rings. The Hall–Kier alpha value is -3.41. The summed E-state index contributed by atoms with van der Waals surface area (Å²) in [6, 6.07) is 13.0. The van der Waals surface area contributed by atoms with E-state index in [1.807, 2.05) is 12.1 Å². The molecule has 1 atom stereocenters. The van der Waals surface area contributed by atoms with E-state index >= 15 is 0 Å². The van der Waals surface area contributed by atoms with Crippen LogP contribution >= 0.6 is 0 Å². The number of carboxylic acids is 1. The summed E-state index contributed by atoms with van der Waals surface area (Å²) >= 11 is 0. The van der Waals surface area contributed by atoms with Gasteiger partial charge in [0.15, 0.2) is 0 Å². The maximum absolute atomic E-state index is 15.0. The van der Waals surface area contributed by atoms with Gasteiger partial charge in [0, 0.05) is 17.5 Å². The molecule has 0 amide bonds. The van der Waals surface area contributed by atoms with Crippen molar-refractivity contribution in [2.24, 2.45) is 11.3 Å². The normalized spacial score (nSPS) is 17.5. The topological polar surface area (TPSA) is 72.6 Å². The molecule has 5 nitrogen and oxygen atoms in total. The zero-order chi connectivity index (χ0) is 26.2. The SMILES string of the molecule is COc1ccc(F)c(-c2noc(CCc3cccc([C@@H](CC(=O)O)C4CC4)c3)c2C2=CCCC2(C)C)c1. The number of aryl methyl sites for hydroxylation is 2. The molecule has 1 aromatic heterocycles. The second kappa shape index (κ2) is 10.2. The summed E-state index contributed by atoms with van der Waals surface area (Å²) in [5, 5.41) is 13.8. The van der Waals surface area contributed by atoms with Crippen LogP contribution in [0.25, 0.3) is 16.8 Å². The number of ether oxygens (including phenoxy) is 1. The first-order valence-electron chi connectivity index (χ1n) is 13.1. The average molecular weight is 504 g/mol. The number of carbonyl (C=O) groups is 1. The lowest BCUT2D eigenvalue weighted by atomic mass is 9.80. The van der Waals surface area contributed by atoms with E-state index in [-0.39, 0.29) is 23.6 Å².